The molecule has 0 bridgehead atoms. The van der Waals surface area contributed by atoms with Gasteiger partial charge in [-0.25, -0.2) is 0 Å². The minimum Gasteiger partial charge on any atom is -0.386 e. The topological polar surface area (TPSA) is 75.4 Å². The fraction of sp³-hybridized carbons (Fsp3) is 0.533. The Balaban J connectivity index is 0.00000242. The van der Waals surface area contributed by atoms with Crippen LogP contribution in [0.5, 0.6) is 0 Å². The first kappa shape index (κ1) is 19.5. The molecule has 1 aromatic rings. The number of nitrogens with one attached hydrogen (secondary N) is 1. The molecule has 124 valence electrons. The highest BCUT2D eigenvalue weighted by atomic mass is 35.5. The van der Waals surface area contributed by atoms with Crippen molar-refractivity contribution in [3.8, 4) is 0 Å². The van der Waals surface area contributed by atoms with E-state index in [-0.39, 0.29) is 36.8 Å². The van der Waals surface area contributed by atoms with Crippen molar-refractivity contribution in [3.63, 3.8) is 0 Å². The molecule has 0 aromatic heterocycles. The minimum atomic E-state index is -0.924. The Morgan fingerprint density at radius 2 is 2.00 bits per heavy atom. The molecule has 4 nitrogen and oxygen atoms in total. The minimum absolute atomic E-state index is 0. The van der Waals surface area contributed by atoms with Gasteiger partial charge in [-0.2, -0.15) is 0 Å². The summed E-state index contributed by atoms with van der Waals surface area (Å²) in [5, 5.41) is 13.7. The first-order valence-corrected chi connectivity index (χ1v) is 7.90. The number of carbonyl (C=O) groups excluding carboxylic acids is 1. The first-order chi connectivity index (χ1) is 9.99. The third-order valence-electron chi connectivity index (χ3n) is 3.89. The van der Waals surface area contributed by atoms with Crippen molar-refractivity contribution >= 4 is 41.5 Å². The van der Waals surface area contributed by atoms with E-state index in [2.05, 4.69) is 5.32 Å². The maximum absolute atomic E-state index is 12.1. The standard InChI is InChI=1S/C15H20Cl2N2O2.ClH/c16-11-5-2-6-12(17)14(11)13(20)8-19-15(21)9-3-1-4-10(18)7-9;/h2,5-6,9-10,13,20H,1,3-4,7-8,18H2,(H,19,21);1H. The molecular weight excluding hydrogens is 347 g/mol. The van der Waals surface area contributed by atoms with Gasteiger partial charge in [0.1, 0.15) is 0 Å². The van der Waals surface area contributed by atoms with Crippen LogP contribution >= 0.6 is 35.6 Å². The van der Waals surface area contributed by atoms with Crippen LogP contribution in [0.15, 0.2) is 18.2 Å². The number of aliphatic hydroxyl groups is 1. The molecular formula is C15H21Cl3N2O2. The van der Waals surface area contributed by atoms with Crippen molar-refractivity contribution in [2.45, 2.75) is 37.8 Å². The largest absolute Gasteiger partial charge is 0.386 e. The number of carbonyl (C=O) groups is 1. The highest BCUT2D eigenvalue weighted by Crippen LogP contribution is 2.30. The van der Waals surface area contributed by atoms with Gasteiger partial charge >= 0.3 is 0 Å². The van der Waals surface area contributed by atoms with Crippen LogP contribution < -0.4 is 11.1 Å². The normalized spacial score (nSPS) is 22.5. The van der Waals surface area contributed by atoms with E-state index in [0.29, 0.717) is 22.0 Å². The maximum Gasteiger partial charge on any atom is 0.223 e. The zero-order valence-electron chi connectivity index (χ0n) is 12.1. The molecule has 3 unspecified atom stereocenters. The molecule has 2 rings (SSSR count). The van der Waals surface area contributed by atoms with Crippen LogP contribution in [0.3, 0.4) is 0 Å². The Hall–Kier alpha value is -0.520. The van der Waals surface area contributed by atoms with Crippen molar-refractivity contribution in [2.75, 3.05) is 6.54 Å². The number of nitrogens with two attached hydrogens (primary N) is 1. The molecule has 0 spiro atoms. The van der Waals surface area contributed by atoms with Gasteiger partial charge in [0.05, 0.1) is 6.10 Å². The van der Waals surface area contributed by atoms with E-state index >= 15 is 0 Å². The van der Waals surface area contributed by atoms with Gasteiger partial charge in [-0.05, 0) is 31.4 Å². The van der Waals surface area contributed by atoms with Gasteiger partial charge in [0.15, 0.2) is 0 Å². The second-order valence-electron chi connectivity index (χ2n) is 5.52. The molecule has 22 heavy (non-hydrogen) atoms. The number of aliphatic hydroxyl groups excluding tert-OH is 1. The molecule has 1 aliphatic rings. The zero-order valence-corrected chi connectivity index (χ0v) is 14.4. The van der Waals surface area contributed by atoms with E-state index in [1.54, 1.807) is 18.2 Å². The molecule has 4 N–H and O–H groups in total. The smallest absolute Gasteiger partial charge is 0.223 e. The van der Waals surface area contributed by atoms with Gasteiger partial charge in [-0.1, -0.05) is 35.7 Å². The van der Waals surface area contributed by atoms with E-state index < -0.39 is 6.10 Å². The highest BCUT2D eigenvalue weighted by molar-refractivity contribution is 6.36. The van der Waals surface area contributed by atoms with Crippen LogP contribution in [0, 0.1) is 5.92 Å². The van der Waals surface area contributed by atoms with E-state index in [1.807, 2.05) is 0 Å². The molecule has 1 amide bonds. The summed E-state index contributed by atoms with van der Waals surface area (Å²) in [6.45, 7) is 0.0913. The molecule has 1 aromatic carbocycles. The number of amides is 1. The molecule has 1 aliphatic carbocycles. The molecule has 0 saturated heterocycles. The summed E-state index contributed by atoms with van der Waals surface area (Å²) in [6, 6.07) is 5.13. The Bertz CT molecular complexity index is 493. The second-order valence-corrected chi connectivity index (χ2v) is 6.33. The van der Waals surface area contributed by atoms with Crippen molar-refractivity contribution in [1.82, 2.24) is 5.32 Å². The monoisotopic (exact) mass is 366 g/mol. The predicted molar refractivity (Wildman–Crippen MR) is 91.6 cm³/mol. The highest BCUT2D eigenvalue weighted by Gasteiger charge is 2.26. The third-order valence-corrected chi connectivity index (χ3v) is 4.55. The van der Waals surface area contributed by atoms with Crippen LogP contribution in [0.25, 0.3) is 0 Å². The van der Waals surface area contributed by atoms with Gasteiger partial charge < -0.3 is 16.2 Å². The van der Waals surface area contributed by atoms with Crippen LogP contribution in [-0.2, 0) is 4.79 Å². The number of halogens is 3. The molecule has 3 atom stereocenters. The summed E-state index contributed by atoms with van der Waals surface area (Å²) in [5.41, 5.74) is 6.33. The van der Waals surface area contributed by atoms with Gasteiger partial charge in [-0.15, -0.1) is 12.4 Å². The summed E-state index contributed by atoms with van der Waals surface area (Å²) < 4.78 is 0. The van der Waals surface area contributed by atoms with Crippen molar-refractivity contribution in [2.24, 2.45) is 11.7 Å². The Kier molecular flexibility index (Phi) is 7.94. The first-order valence-electron chi connectivity index (χ1n) is 7.14. The van der Waals surface area contributed by atoms with Crippen LogP contribution in [0.4, 0.5) is 0 Å². The summed E-state index contributed by atoms with van der Waals surface area (Å²) in [6.07, 6.45) is 2.57. The zero-order chi connectivity index (χ0) is 15.4. The van der Waals surface area contributed by atoms with Gasteiger partial charge in [-0.3, -0.25) is 4.79 Å². The SMILES string of the molecule is Cl.NC1CCCC(C(=O)NCC(O)c2c(Cl)cccc2Cl)C1. The molecule has 0 radical (unpaired) electrons. The number of hydrogen-bond donors (Lipinski definition) is 3. The summed E-state index contributed by atoms with van der Waals surface area (Å²) >= 11 is 12.1. The van der Waals surface area contributed by atoms with E-state index in [9.17, 15) is 9.90 Å². The Labute approximate surface area is 146 Å². The third kappa shape index (κ3) is 5.00. The summed E-state index contributed by atoms with van der Waals surface area (Å²) in [7, 11) is 0. The number of hydrogen-bond acceptors (Lipinski definition) is 3. The lowest BCUT2D eigenvalue weighted by Gasteiger charge is -2.26. The molecule has 0 heterocycles. The lowest BCUT2D eigenvalue weighted by Crippen LogP contribution is -2.39. The summed E-state index contributed by atoms with van der Waals surface area (Å²) in [4.78, 5) is 12.1. The average molecular weight is 368 g/mol. The number of rotatable bonds is 4. The Morgan fingerprint density at radius 3 is 2.59 bits per heavy atom. The molecule has 1 saturated carbocycles. The van der Waals surface area contributed by atoms with E-state index in [4.69, 9.17) is 28.9 Å². The molecule has 7 heteroatoms. The van der Waals surface area contributed by atoms with Gasteiger partial charge in [0, 0.05) is 34.1 Å². The lowest BCUT2D eigenvalue weighted by atomic mass is 9.85. The van der Waals surface area contributed by atoms with E-state index in [0.717, 1.165) is 19.3 Å². The summed E-state index contributed by atoms with van der Waals surface area (Å²) in [5.74, 6) is -0.130. The predicted octanol–water partition coefficient (Wildman–Crippen LogP) is 3.08. The van der Waals surface area contributed by atoms with Crippen LogP contribution in [-0.4, -0.2) is 23.6 Å². The quantitative estimate of drug-likeness (QED) is 0.765. The molecule has 1 fully saturated rings. The van der Waals surface area contributed by atoms with Crippen LogP contribution in [0.1, 0.15) is 37.4 Å². The number of benzene rings is 1. The average Bonchev–Trinajstić information content (AvgIpc) is 2.44. The van der Waals surface area contributed by atoms with Crippen molar-refractivity contribution in [3.05, 3.63) is 33.8 Å². The lowest BCUT2D eigenvalue weighted by molar-refractivity contribution is -0.126. The van der Waals surface area contributed by atoms with Gasteiger partial charge in [0.2, 0.25) is 5.91 Å². The second kappa shape index (κ2) is 8.94. The molecule has 0 aliphatic heterocycles. The fourth-order valence-corrected chi connectivity index (χ4v) is 3.39. The van der Waals surface area contributed by atoms with Crippen molar-refractivity contribution in [1.29, 1.82) is 0 Å². The van der Waals surface area contributed by atoms with Crippen LogP contribution in [0.2, 0.25) is 10.0 Å². The Morgan fingerprint density at radius 1 is 1.36 bits per heavy atom. The van der Waals surface area contributed by atoms with Crippen molar-refractivity contribution < 1.29 is 9.90 Å². The van der Waals surface area contributed by atoms with Gasteiger partial charge in [0.25, 0.3) is 0 Å². The fourth-order valence-electron chi connectivity index (χ4n) is 2.74. The maximum atomic E-state index is 12.1. The van der Waals surface area contributed by atoms with E-state index in [1.165, 1.54) is 0 Å².